The predicted octanol–water partition coefficient (Wildman–Crippen LogP) is 1.81. The van der Waals surface area contributed by atoms with E-state index in [4.69, 9.17) is 5.26 Å². The number of fused-ring (bicyclic) bond motifs is 1. The van der Waals surface area contributed by atoms with Crippen molar-refractivity contribution >= 4 is 5.52 Å². The van der Waals surface area contributed by atoms with Crippen molar-refractivity contribution in [2.75, 3.05) is 0 Å². The maximum absolute atomic E-state index is 8.57. The molecule has 0 amide bonds. The van der Waals surface area contributed by atoms with Crippen LogP contribution in [0.1, 0.15) is 5.56 Å². The summed E-state index contributed by atoms with van der Waals surface area (Å²) in [6.07, 6.45) is 3.74. The molecule has 0 spiro atoms. The first-order valence-electron chi connectivity index (χ1n) is 3.37. The monoisotopic (exact) mass is 142 g/mol. The Morgan fingerprint density at radius 2 is 2.18 bits per heavy atom. The third-order valence-corrected chi connectivity index (χ3v) is 1.65. The van der Waals surface area contributed by atoms with Crippen LogP contribution in [0.25, 0.3) is 5.52 Å². The Hall–Kier alpha value is -1.75. The van der Waals surface area contributed by atoms with E-state index in [1.54, 1.807) is 0 Å². The minimum atomic E-state index is 0.689. The molecular formula is C9H6N2. The standard InChI is InChI=1S/C9H6N2/c10-6-8-3-4-9-2-1-5-11(9)7-8/h1-5,7H. The maximum atomic E-state index is 8.57. The summed E-state index contributed by atoms with van der Waals surface area (Å²) in [6, 6.07) is 9.79. The molecule has 0 radical (unpaired) electrons. The topological polar surface area (TPSA) is 28.2 Å². The van der Waals surface area contributed by atoms with E-state index in [0.29, 0.717) is 5.56 Å². The second kappa shape index (κ2) is 2.14. The van der Waals surface area contributed by atoms with Gasteiger partial charge in [-0.25, -0.2) is 0 Å². The van der Waals surface area contributed by atoms with Gasteiger partial charge in [-0.3, -0.25) is 0 Å². The van der Waals surface area contributed by atoms with Crippen LogP contribution in [-0.2, 0) is 0 Å². The maximum Gasteiger partial charge on any atom is 0.101 e. The van der Waals surface area contributed by atoms with Crippen LogP contribution in [0, 0.1) is 11.3 Å². The molecule has 0 aliphatic heterocycles. The minimum absolute atomic E-state index is 0.689. The Kier molecular flexibility index (Phi) is 1.16. The average molecular weight is 142 g/mol. The highest BCUT2D eigenvalue weighted by Gasteiger charge is 1.91. The van der Waals surface area contributed by atoms with Crippen molar-refractivity contribution in [2.24, 2.45) is 0 Å². The van der Waals surface area contributed by atoms with Crippen LogP contribution in [-0.4, -0.2) is 4.40 Å². The zero-order valence-electron chi connectivity index (χ0n) is 5.86. The summed E-state index contributed by atoms with van der Waals surface area (Å²) in [6.45, 7) is 0. The van der Waals surface area contributed by atoms with Crippen LogP contribution < -0.4 is 0 Å². The van der Waals surface area contributed by atoms with Crippen LogP contribution >= 0.6 is 0 Å². The average Bonchev–Trinajstić information content (AvgIpc) is 2.50. The Morgan fingerprint density at radius 1 is 1.27 bits per heavy atom. The molecule has 0 aliphatic carbocycles. The summed E-state index contributed by atoms with van der Waals surface area (Å²) in [4.78, 5) is 0. The zero-order valence-corrected chi connectivity index (χ0v) is 5.86. The molecule has 0 saturated carbocycles. The van der Waals surface area contributed by atoms with E-state index >= 15 is 0 Å². The van der Waals surface area contributed by atoms with Gasteiger partial charge in [-0.2, -0.15) is 5.26 Å². The van der Waals surface area contributed by atoms with Crippen LogP contribution in [0.2, 0.25) is 0 Å². The van der Waals surface area contributed by atoms with E-state index in [1.807, 2.05) is 41.1 Å². The van der Waals surface area contributed by atoms with Crippen molar-refractivity contribution in [3.8, 4) is 6.07 Å². The van der Waals surface area contributed by atoms with Crippen molar-refractivity contribution in [3.63, 3.8) is 0 Å². The molecule has 2 heterocycles. The fourth-order valence-corrected chi connectivity index (χ4v) is 1.10. The second-order valence-electron chi connectivity index (χ2n) is 2.37. The molecule has 0 aromatic carbocycles. The lowest BCUT2D eigenvalue weighted by Gasteiger charge is -1.92. The summed E-state index contributed by atoms with van der Waals surface area (Å²) >= 11 is 0. The van der Waals surface area contributed by atoms with Crippen molar-refractivity contribution in [3.05, 3.63) is 42.2 Å². The molecule has 11 heavy (non-hydrogen) atoms. The molecule has 0 unspecified atom stereocenters. The first-order valence-corrected chi connectivity index (χ1v) is 3.37. The molecule has 0 atom stereocenters. The summed E-state index contributed by atoms with van der Waals surface area (Å²) in [5.74, 6) is 0. The fourth-order valence-electron chi connectivity index (χ4n) is 1.10. The lowest BCUT2D eigenvalue weighted by atomic mass is 10.3. The molecule has 0 N–H and O–H groups in total. The fraction of sp³-hybridized carbons (Fsp3) is 0. The van der Waals surface area contributed by atoms with E-state index in [1.165, 1.54) is 0 Å². The molecular weight excluding hydrogens is 136 g/mol. The number of pyridine rings is 1. The van der Waals surface area contributed by atoms with E-state index in [0.717, 1.165) is 5.52 Å². The van der Waals surface area contributed by atoms with E-state index in [2.05, 4.69) is 6.07 Å². The summed E-state index contributed by atoms with van der Waals surface area (Å²) in [5.41, 5.74) is 1.80. The van der Waals surface area contributed by atoms with Crippen LogP contribution in [0.15, 0.2) is 36.7 Å². The lowest BCUT2D eigenvalue weighted by molar-refractivity contribution is 1.19. The number of rotatable bonds is 0. The van der Waals surface area contributed by atoms with E-state index < -0.39 is 0 Å². The molecule has 2 nitrogen and oxygen atoms in total. The third kappa shape index (κ3) is 0.870. The molecule has 2 aromatic heterocycles. The van der Waals surface area contributed by atoms with E-state index in [-0.39, 0.29) is 0 Å². The summed E-state index contributed by atoms with van der Waals surface area (Å²) < 4.78 is 1.93. The minimum Gasteiger partial charge on any atom is -0.323 e. The predicted molar refractivity (Wildman–Crippen MR) is 42.1 cm³/mol. The quantitative estimate of drug-likeness (QED) is 0.551. The van der Waals surface area contributed by atoms with Crippen molar-refractivity contribution in [1.82, 2.24) is 4.40 Å². The lowest BCUT2D eigenvalue weighted by Crippen LogP contribution is -1.82. The zero-order chi connectivity index (χ0) is 7.68. The number of nitriles is 1. The summed E-state index contributed by atoms with van der Waals surface area (Å²) in [5, 5.41) is 8.57. The van der Waals surface area contributed by atoms with E-state index in [9.17, 15) is 0 Å². The Balaban J connectivity index is 2.79. The van der Waals surface area contributed by atoms with Gasteiger partial charge in [0.15, 0.2) is 0 Å². The smallest absolute Gasteiger partial charge is 0.101 e. The van der Waals surface area contributed by atoms with Crippen molar-refractivity contribution in [1.29, 1.82) is 5.26 Å². The molecule has 2 aromatic rings. The largest absolute Gasteiger partial charge is 0.323 e. The van der Waals surface area contributed by atoms with Gasteiger partial charge in [-0.15, -0.1) is 0 Å². The third-order valence-electron chi connectivity index (χ3n) is 1.65. The van der Waals surface area contributed by atoms with Gasteiger partial charge < -0.3 is 4.40 Å². The van der Waals surface area contributed by atoms with Gasteiger partial charge >= 0.3 is 0 Å². The Labute approximate surface area is 64.3 Å². The summed E-state index contributed by atoms with van der Waals surface area (Å²) in [7, 11) is 0. The number of aromatic nitrogens is 1. The highest BCUT2D eigenvalue weighted by Crippen LogP contribution is 2.05. The molecule has 52 valence electrons. The first kappa shape index (κ1) is 5.99. The Bertz CT molecular complexity index is 420. The molecule has 2 heteroatoms. The highest BCUT2D eigenvalue weighted by atomic mass is 14.8. The number of hydrogen-bond donors (Lipinski definition) is 0. The number of nitrogens with zero attached hydrogens (tertiary/aromatic N) is 2. The van der Waals surface area contributed by atoms with Gasteiger partial charge in [0.05, 0.1) is 5.56 Å². The molecule has 0 aliphatic rings. The Morgan fingerprint density at radius 3 is 3.00 bits per heavy atom. The highest BCUT2D eigenvalue weighted by molar-refractivity contribution is 5.49. The van der Waals surface area contributed by atoms with Crippen molar-refractivity contribution in [2.45, 2.75) is 0 Å². The van der Waals surface area contributed by atoms with Gasteiger partial charge in [0.2, 0.25) is 0 Å². The molecule has 2 rings (SSSR count). The molecule has 0 saturated heterocycles. The number of hydrogen-bond acceptors (Lipinski definition) is 1. The van der Waals surface area contributed by atoms with Gasteiger partial charge in [0.25, 0.3) is 0 Å². The van der Waals surface area contributed by atoms with Crippen LogP contribution in [0.3, 0.4) is 0 Å². The first-order chi connectivity index (χ1) is 5.40. The van der Waals surface area contributed by atoms with Crippen LogP contribution in [0.5, 0.6) is 0 Å². The second-order valence-corrected chi connectivity index (χ2v) is 2.37. The van der Waals surface area contributed by atoms with Gasteiger partial charge in [0.1, 0.15) is 6.07 Å². The van der Waals surface area contributed by atoms with Gasteiger partial charge in [-0.05, 0) is 24.3 Å². The molecule has 0 fully saturated rings. The van der Waals surface area contributed by atoms with Gasteiger partial charge in [-0.1, -0.05) is 0 Å². The molecule has 0 bridgehead atoms. The van der Waals surface area contributed by atoms with Crippen LogP contribution in [0.4, 0.5) is 0 Å². The normalized spacial score (nSPS) is 9.73. The van der Waals surface area contributed by atoms with Gasteiger partial charge in [0, 0.05) is 17.9 Å². The SMILES string of the molecule is N#Cc1ccc2cccn2c1. The van der Waals surface area contributed by atoms with Crippen molar-refractivity contribution < 1.29 is 0 Å².